The van der Waals surface area contributed by atoms with E-state index in [0.29, 0.717) is 0 Å². The van der Waals surface area contributed by atoms with Crippen molar-refractivity contribution in [2.24, 2.45) is 0 Å². The Bertz CT molecular complexity index is 983. The Kier molecular flexibility index (Phi) is 6.67. The van der Waals surface area contributed by atoms with Crippen molar-refractivity contribution in [2.75, 3.05) is 0 Å². The Morgan fingerprint density at radius 2 is 0.586 bits per heavy atom. The molecule has 0 saturated carbocycles. The van der Waals surface area contributed by atoms with E-state index in [2.05, 4.69) is 0 Å². The fourth-order valence-corrected chi connectivity index (χ4v) is 42.8. The molecule has 0 aromatic heterocycles. The van der Waals surface area contributed by atoms with Crippen molar-refractivity contribution in [2.45, 2.75) is 0 Å². The Balaban J connectivity index is 1.94. The van der Waals surface area contributed by atoms with Gasteiger partial charge in [-0.15, -0.1) is 0 Å². The van der Waals surface area contributed by atoms with E-state index in [4.69, 9.17) is 0 Å². The maximum atomic E-state index is 14.4. The summed E-state index contributed by atoms with van der Waals surface area (Å²) in [6, 6.07) is 39.2. The summed E-state index contributed by atoms with van der Waals surface area (Å²) in [6.45, 7) is 0. The predicted molar refractivity (Wildman–Crippen MR) is 138 cm³/mol. The van der Waals surface area contributed by atoms with Crippen molar-refractivity contribution in [3.8, 4) is 0 Å². The standard InChI is InChI=1S/C24H20I2O2S/c27-29(28,25(21-13-5-1-6-14-21)22-15-7-2-8-16-22)26(23-17-9-3-10-18-23)24-19-11-4-12-20-24/h1-20H. The Labute approximate surface area is 183 Å². The van der Waals surface area contributed by atoms with Crippen LogP contribution in [-0.4, -0.2) is 8.42 Å². The molecule has 0 bridgehead atoms. The van der Waals surface area contributed by atoms with Crippen molar-refractivity contribution in [1.82, 2.24) is 0 Å². The van der Waals surface area contributed by atoms with Crippen LogP contribution in [0, 0.1) is 14.3 Å². The molecule has 0 amide bonds. The third-order valence-electron chi connectivity index (χ3n) is 4.09. The molecule has 0 atom stereocenters. The Morgan fingerprint density at radius 1 is 0.379 bits per heavy atom. The fourth-order valence-electron chi connectivity index (χ4n) is 2.85. The van der Waals surface area contributed by atoms with Crippen LogP contribution in [0.4, 0.5) is 0 Å². The van der Waals surface area contributed by atoms with Gasteiger partial charge in [0.1, 0.15) is 0 Å². The van der Waals surface area contributed by atoms with E-state index >= 15 is 0 Å². The molecule has 0 radical (unpaired) electrons. The van der Waals surface area contributed by atoms with Crippen molar-refractivity contribution in [3.63, 3.8) is 0 Å². The number of benzene rings is 4. The molecule has 0 heterocycles. The number of rotatable bonds is 6. The summed E-state index contributed by atoms with van der Waals surface area (Å²) in [6.07, 6.45) is 0. The minimum absolute atomic E-state index is 0.970. The van der Waals surface area contributed by atoms with Gasteiger partial charge >= 0.3 is 185 Å². The topological polar surface area (TPSA) is 34.1 Å². The summed E-state index contributed by atoms with van der Waals surface area (Å²) in [5, 5.41) is 0. The normalized spacial score (nSPS) is 12.3. The summed E-state index contributed by atoms with van der Waals surface area (Å²) in [4.78, 5) is 0. The monoisotopic (exact) mass is 626 g/mol. The van der Waals surface area contributed by atoms with E-state index in [1.807, 2.05) is 121 Å². The van der Waals surface area contributed by atoms with Gasteiger partial charge in [0.05, 0.1) is 0 Å². The third-order valence-corrected chi connectivity index (χ3v) is 36.7. The van der Waals surface area contributed by atoms with Crippen molar-refractivity contribution >= 4 is 41.0 Å². The maximum absolute atomic E-state index is 14.4. The SMILES string of the molecule is O=S(=O)(I(c1ccccc1)c1ccccc1)I(c1ccccc1)c1ccccc1. The van der Waals surface area contributed by atoms with Crippen LogP contribution in [0.2, 0.25) is 0 Å². The predicted octanol–water partition coefficient (Wildman–Crippen LogP) is 6.72. The zero-order chi connectivity index (χ0) is 20.1. The molecule has 148 valence electrons. The zero-order valence-electron chi connectivity index (χ0n) is 15.5. The molecule has 29 heavy (non-hydrogen) atoms. The van der Waals surface area contributed by atoms with Crippen LogP contribution in [0.3, 0.4) is 0 Å². The van der Waals surface area contributed by atoms with Gasteiger partial charge in [-0.1, -0.05) is 0 Å². The molecule has 0 unspecified atom stereocenters. The van der Waals surface area contributed by atoms with Crippen LogP contribution in [0.5, 0.6) is 0 Å². The van der Waals surface area contributed by atoms with E-state index < -0.39 is 41.0 Å². The second kappa shape index (κ2) is 9.40. The van der Waals surface area contributed by atoms with Gasteiger partial charge in [-0.3, -0.25) is 0 Å². The summed E-state index contributed by atoms with van der Waals surface area (Å²) >= 11 is -5.50. The van der Waals surface area contributed by atoms with E-state index in [-0.39, 0.29) is 0 Å². The minimum atomic E-state index is -3.36. The van der Waals surface area contributed by atoms with Gasteiger partial charge in [-0.25, -0.2) is 0 Å². The van der Waals surface area contributed by atoms with Gasteiger partial charge in [-0.05, 0) is 0 Å². The molecule has 0 aliphatic carbocycles. The van der Waals surface area contributed by atoms with Crippen LogP contribution in [0.25, 0.3) is 0 Å². The number of hydrogen-bond donors (Lipinski definition) is 0. The molecule has 0 aliphatic heterocycles. The van der Waals surface area contributed by atoms with Gasteiger partial charge in [0.2, 0.25) is 0 Å². The van der Waals surface area contributed by atoms with Gasteiger partial charge in [0, 0.05) is 0 Å². The zero-order valence-corrected chi connectivity index (χ0v) is 20.7. The number of hydrogen-bond acceptors (Lipinski definition) is 2. The van der Waals surface area contributed by atoms with Crippen LogP contribution in [0.1, 0.15) is 0 Å². The summed E-state index contributed by atoms with van der Waals surface area (Å²) < 4.78 is 29.3. The molecule has 0 saturated heterocycles. The average Bonchev–Trinajstić information content (AvgIpc) is 2.77. The summed E-state index contributed by atoms with van der Waals surface area (Å²) in [7, 11) is 0. The first-order valence-corrected chi connectivity index (χ1v) is 19.9. The van der Waals surface area contributed by atoms with Crippen LogP contribution in [0.15, 0.2) is 121 Å². The van der Waals surface area contributed by atoms with Gasteiger partial charge in [0.25, 0.3) is 0 Å². The third kappa shape index (κ3) is 4.57. The molecular weight excluding hydrogens is 606 g/mol. The van der Waals surface area contributed by atoms with E-state index in [0.717, 1.165) is 14.3 Å². The molecule has 0 fully saturated rings. The second-order valence-electron chi connectivity index (χ2n) is 6.06. The molecule has 5 heteroatoms. The molecule has 2 nitrogen and oxygen atoms in total. The van der Waals surface area contributed by atoms with Crippen molar-refractivity contribution in [3.05, 3.63) is 136 Å². The van der Waals surface area contributed by atoms with Gasteiger partial charge in [-0.2, -0.15) is 0 Å². The van der Waals surface area contributed by atoms with Crippen LogP contribution < -0.4 is 0 Å². The van der Waals surface area contributed by atoms with Crippen LogP contribution >= 0.6 is 36.9 Å². The first kappa shape index (κ1) is 20.6. The molecule has 0 aliphatic rings. The molecule has 0 spiro atoms. The van der Waals surface area contributed by atoms with E-state index in [1.54, 1.807) is 0 Å². The van der Waals surface area contributed by atoms with Gasteiger partial charge in [0.15, 0.2) is 0 Å². The van der Waals surface area contributed by atoms with E-state index in [1.165, 1.54) is 0 Å². The molecule has 4 aromatic rings. The summed E-state index contributed by atoms with van der Waals surface area (Å²) in [5.41, 5.74) is 0. The number of halogens is 2. The second-order valence-corrected chi connectivity index (χ2v) is 30.8. The first-order valence-electron chi connectivity index (χ1n) is 9.04. The Hall–Kier alpha value is -1.71. The molecule has 4 rings (SSSR count). The molecule has 0 N–H and O–H groups in total. The Morgan fingerprint density at radius 3 is 0.793 bits per heavy atom. The first-order chi connectivity index (χ1) is 14.2. The fraction of sp³-hybridized carbons (Fsp3) is 0. The molecule has 4 aromatic carbocycles. The van der Waals surface area contributed by atoms with Crippen LogP contribution in [-0.2, 0) is 4.18 Å². The van der Waals surface area contributed by atoms with Crippen molar-refractivity contribution in [1.29, 1.82) is 0 Å². The van der Waals surface area contributed by atoms with Crippen molar-refractivity contribution < 1.29 is 8.42 Å². The van der Waals surface area contributed by atoms with E-state index in [9.17, 15) is 8.42 Å². The molecular formula is C24H20I2O2S. The average molecular weight is 626 g/mol. The summed E-state index contributed by atoms with van der Waals surface area (Å²) in [5.74, 6) is 0. The quantitative estimate of drug-likeness (QED) is 0.176. The van der Waals surface area contributed by atoms with Gasteiger partial charge < -0.3 is 0 Å².